The van der Waals surface area contributed by atoms with Crippen molar-refractivity contribution in [2.24, 2.45) is 0 Å². The summed E-state index contributed by atoms with van der Waals surface area (Å²) >= 11 is 0. The fourth-order valence-electron chi connectivity index (χ4n) is 3.73. The molecule has 6 heteroatoms. The van der Waals surface area contributed by atoms with Gasteiger partial charge in [-0.25, -0.2) is 9.97 Å². The maximum atomic E-state index is 5.43. The molecule has 6 nitrogen and oxygen atoms in total. The van der Waals surface area contributed by atoms with Crippen LogP contribution in [0.2, 0.25) is 0 Å². The molecule has 0 spiro atoms. The first-order valence-electron chi connectivity index (χ1n) is 9.71. The number of pyridine rings is 2. The molecule has 0 saturated carbocycles. The molecular weight excluding hydrogens is 364 g/mol. The maximum Gasteiger partial charge on any atom is 0.128 e. The first kappa shape index (κ1) is 17.7. The van der Waals surface area contributed by atoms with Crippen molar-refractivity contribution in [2.45, 2.75) is 0 Å². The van der Waals surface area contributed by atoms with Crippen molar-refractivity contribution in [3.63, 3.8) is 0 Å². The number of imidazole rings is 1. The number of hydrogen-bond donors (Lipinski definition) is 0. The molecule has 0 amide bonds. The number of morpholine rings is 1. The largest absolute Gasteiger partial charge is 0.497 e. The quantitative estimate of drug-likeness (QED) is 0.532. The minimum Gasteiger partial charge on any atom is -0.497 e. The lowest BCUT2D eigenvalue weighted by atomic mass is 10.0. The predicted molar refractivity (Wildman–Crippen MR) is 113 cm³/mol. The highest BCUT2D eigenvalue weighted by Crippen LogP contribution is 2.31. The van der Waals surface area contributed by atoms with Gasteiger partial charge in [-0.15, -0.1) is 0 Å². The molecule has 0 unspecified atom stereocenters. The number of nitrogens with zero attached hydrogens (tertiary/aromatic N) is 4. The summed E-state index contributed by atoms with van der Waals surface area (Å²) in [5.74, 6) is 1.84. The van der Waals surface area contributed by atoms with E-state index in [1.807, 2.05) is 30.9 Å². The highest BCUT2D eigenvalue weighted by atomic mass is 16.5. The molecule has 1 saturated heterocycles. The molecule has 0 radical (unpaired) electrons. The van der Waals surface area contributed by atoms with Gasteiger partial charge in [-0.05, 0) is 35.9 Å². The molecule has 1 fully saturated rings. The molecule has 1 aliphatic heterocycles. The van der Waals surface area contributed by atoms with Crippen LogP contribution in [-0.2, 0) is 4.74 Å². The third-order valence-corrected chi connectivity index (χ3v) is 5.34. The monoisotopic (exact) mass is 386 g/mol. The van der Waals surface area contributed by atoms with Gasteiger partial charge in [0.05, 0.1) is 38.4 Å². The molecule has 0 atom stereocenters. The summed E-state index contributed by atoms with van der Waals surface area (Å²) in [5, 5.41) is 0. The van der Waals surface area contributed by atoms with Crippen molar-refractivity contribution in [3.05, 3.63) is 67.4 Å². The Labute approximate surface area is 169 Å². The van der Waals surface area contributed by atoms with Gasteiger partial charge in [0.2, 0.25) is 0 Å². The molecule has 5 rings (SSSR count). The van der Waals surface area contributed by atoms with Gasteiger partial charge in [0.25, 0.3) is 0 Å². The van der Waals surface area contributed by atoms with Crippen LogP contribution in [0.3, 0.4) is 0 Å². The number of rotatable bonds is 4. The van der Waals surface area contributed by atoms with E-state index in [2.05, 4.69) is 50.8 Å². The summed E-state index contributed by atoms with van der Waals surface area (Å²) < 4.78 is 12.8. The lowest BCUT2D eigenvalue weighted by molar-refractivity contribution is 0.122. The Hall–Kier alpha value is -3.38. The van der Waals surface area contributed by atoms with E-state index in [9.17, 15) is 0 Å². The number of hydrogen-bond acceptors (Lipinski definition) is 5. The maximum absolute atomic E-state index is 5.43. The first-order chi connectivity index (χ1) is 14.3. The first-order valence-corrected chi connectivity index (χ1v) is 9.71. The molecule has 4 heterocycles. The molecule has 0 N–H and O–H groups in total. The van der Waals surface area contributed by atoms with Crippen molar-refractivity contribution >= 4 is 11.3 Å². The van der Waals surface area contributed by atoms with Crippen molar-refractivity contribution in [2.75, 3.05) is 38.3 Å². The Kier molecular flexibility index (Phi) is 4.62. The van der Waals surface area contributed by atoms with Crippen LogP contribution < -0.4 is 9.64 Å². The fourth-order valence-corrected chi connectivity index (χ4v) is 3.73. The van der Waals surface area contributed by atoms with E-state index < -0.39 is 0 Å². The number of aromatic nitrogens is 3. The molecular formula is C23H22N4O2. The average molecular weight is 386 g/mol. The third-order valence-electron chi connectivity index (χ3n) is 5.34. The summed E-state index contributed by atoms with van der Waals surface area (Å²) in [6.45, 7) is 3.28. The second-order valence-corrected chi connectivity index (χ2v) is 7.06. The number of benzene rings is 1. The van der Waals surface area contributed by atoms with Crippen molar-refractivity contribution in [3.8, 4) is 28.0 Å². The van der Waals surface area contributed by atoms with Gasteiger partial charge in [-0.1, -0.05) is 12.1 Å². The molecule has 146 valence electrons. The van der Waals surface area contributed by atoms with E-state index in [0.717, 1.165) is 65.6 Å². The van der Waals surface area contributed by atoms with Gasteiger partial charge in [-0.3, -0.25) is 0 Å². The van der Waals surface area contributed by atoms with Gasteiger partial charge < -0.3 is 18.8 Å². The Morgan fingerprint density at radius 3 is 2.45 bits per heavy atom. The van der Waals surface area contributed by atoms with E-state index in [0.29, 0.717) is 0 Å². The normalized spacial score (nSPS) is 14.3. The topological polar surface area (TPSA) is 51.9 Å². The predicted octanol–water partition coefficient (Wildman–Crippen LogP) is 3.91. The summed E-state index contributed by atoms with van der Waals surface area (Å²) in [5.41, 5.74) is 5.49. The molecule has 29 heavy (non-hydrogen) atoms. The minimum absolute atomic E-state index is 0.756. The van der Waals surface area contributed by atoms with E-state index in [-0.39, 0.29) is 0 Å². The number of methoxy groups -OCH3 is 1. The van der Waals surface area contributed by atoms with Crippen LogP contribution in [0, 0.1) is 0 Å². The molecule has 4 aromatic rings. The van der Waals surface area contributed by atoms with E-state index in [4.69, 9.17) is 14.5 Å². The van der Waals surface area contributed by atoms with Crippen LogP contribution in [0.5, 0.6) is 5.75 Å². The zero-order chi connectivity index (χ0) is 19.6. The SMILES string of the molecule is COc1ccc(-c2cc(-c3ccc(N4CCOCC4)nc3)cn3cncc23)cc1. The second-order valence-electron chi connectivity index (χ2n) is 7.06. The van der Waals surface area contributed by atoms with E-state index >= 15 is 0 Å². The zero-order valence-corrected chi connectivity index (χ0v) is 16.3. The number of fused-ring (bicyclic) bond motifs is 1. The van der Waals surface area contributed by atoms with Gasteiger partial charge in [-0.2, -0.15) is 0 Å². The van der Waals surface area contributed by atoms with Gasteiger partial charge in [0.1, 0.15) is 11.6 Å². The Morgan fingerprint density at radius 1 is 0.931 bits per heavy atom. The van der Waals surface area contributed by atoms with Gasteiger partial charge in [0, 0.05) is 42.2 Å². The van der Waals surface area contributed by atoms with Crippen LogP contribution in [0.15, 0.2) is 67.4 Å². The van der Waals surface area contributed by atoms with Crippen LogP contribution in [-0.4, -0.2) is 47.8 Å². The molecule has 1 aliphatic rings. The lowest BCUT2D eigenvalue weighted by Gasteiger charge is -2.27. The lowest BCUT2D eigenvalue weighted by Crippen LogP contribution is -2.36. The van der Waals surface area contributed by atoms with Crippen LogP contribution >= 0.6 is 0 Å². The van der Waals surface area contributed by atoms with Crippen LogP contribution in [0.4, 0.5) is 5.82 Å². The van der Waals surface area contributed by atoms with E-state index in [1.165, 1.54) is 0 Å². The van der Waals surface area contributed by atoms with Crippen LogP contribution in [0.25, 0.3) is 27.8 Å². The molecule has 0 aliphatic carbocycles. The average Bonchev–Trinajstić information content (AvgIpc) is 3.28. The fraction of sp³-hybridized carbons (Fsp3) is 0.217. The summed E-state index contributed by atoms with van der Waals surface area (Å²) in [6.07, 6.45) is 7.77. The van der Waals surface area contributed by atoms with Gasteiger partial charge in [0.15, 0.2) is 0 Å². The summed E-state index contributed by atoms with van der Waals surface area (Å²) in [7, 11) is 1.68. The molecule has 3 aromatic heterocycles. The standard InChI is InChI=1S/C23H22N4O2/c1-28-20-5-2-17(3-6-20)21-12-19(15-27-16-24-14-22(21)27)18-4-7-23(25-13-18)26-8-10-29-11-9-26/h2-7,12-16H,8-11H2,1H3. The van der Waals surface area contributed by atoms with Crippen molar-refractivity contribution in [1.29, 1.82) is 0 Å². The zero-order valence-electron chi connectivity index (χ0n) is 16.3. The highest BCUT2D eigenvalue weighted by Gasteiger charge is 2.13. The smallest absolute Gasteiger partial charge is 0.128 e. The molecule has 0 bridgehead atoms. The Morgan fingerprint density at radius 2 is 1.72 bits per heavy atom. The molecule has 1 aromatic carbocycles. The van der Waals surface area contributed by atoms with Crippen molar-refractivity contribution < 1.29 is 9.47 Å². The van der Waals surface area contributed by atoms with Crippen molar-refractivity contribution in [1.82, 2.24) is 14.4 Å². The number of ether oxygens (including phenoxy) is 2. The minimum atomic E-state index is 0.756. The van der Waals surface area contributed by atoms with Gasteiger partial charge >= 0.3 is 0 Å². The summed E-state index contributed by atoms with van der Waals surface area (Å²) in [6, 6.07) is 14.5. The Bertz CT molecular complexity index is 1110. The Balaban J connectivity index is 1.53. The highest BCUT2D eigenvalue weighted by molar-refractivity contribution is 5.84. The van der Waals surface area contributed by atoms with Crippen LogP contribution in [0.1, 0.15) is 0 Å². The number of anilines is 1. The second kappa shape index (κ2) is 7.56. The third kappa shape index (κ3) is 3.43. The van der Waals surface area contributed by atoms with E-state index in [1.54, 1.807) is 7.11 Å². The summed E-state index contributed by atoms with van der Waals surface area (Å²) in [4.78, 5) is 11.3.